The number of piperidine rings is 1. The number of amides is 1. The molecular weight excluding hydrogens is 293 g/mol. The van der Waals surface area contributed by atoms with Crippen LogP contribution in [-0.2, 0) is 4.79 Å². The molecule has 0 unspecified atom stereocenters. The molecule has 0 aliphatic carbocycles. The molecular formula is C18H16FN3O. The Morgan fingerprint density at radius 2 is 1.83 bits per heavy atom. The lowest BCUT2D eigenvalue weighted by Crippen LogP contribution is -2.35. The van der Waals surface area contributed by atoms with Gasteiger partial charge < -0.3 is 9.30 Å². The Bertz CT molecular complexity index is 870. The number of hydrogen-bond donors (Lipinski definition) is 0. The van der Waals surface area contributed by atoms with E-state index in [4.69, 9.17) is 0 Å². The molecule has 0 saturated carbocycles. The van der Waals surface area contributed by atoms with Gasteiger partial charge >= 0.3 is 0 Å². The van der Waals surface area contributed by atoms with Gasteiger partial charge in [0.1, 0.15) is 11.5 Å². The standard InChI is InChI=1S/C18H16FN3O/c19-14-6-4-13(5-7-14)16-12-21-11-15(8-9-17(21)20-16)22-10-2-1-3-18(22)23/h4-9,11-12H,1-3,10H2. The van der Waals surface area contributed by atoms with Gasteiger partial charge in [0.05, 0.1) is 11.4 Å². The summed E-state index contributed by atoms with van der Waals surface area (Å²) in [6.45, 7) is 0.768. The predicted octanol–water partition coefficient (Wildman–Crippen LogP) is 3.66. The van der Waals surface area contributed by atoms with Gasteiger partial charge in [0, 0.05) is 30.9 Å². The fourth-order valence-corrected chi connectivity index (χ4v) is 2.98. The van der Waals surface area contributed by atoms with E-state index in [2.05, 4.69) is 4.98 Å². The SMILES string of the molecule is O=C1CCCCN1c1ccc2nc(-c3ccc(F)cc3)cn2c1. The monoisotopic (exact) mass is 309 g/mol. The molecule has 0 N–H and O–H groups in total. The number of anilines is 1. The largest absolute Gasteiger partial charge is 0.311 e. The molecule has 0 bridgehead atoms. The summed E-state index contributed by atoms with van der Waals surface area (Å²) in [6.07, 6.45) is 6.45. The first-order valence-electron chi connectivity index (χ1n) is 7.76. The molecule has 1 aliphatic rings. The summed E-state index contributed by atoms with van der Waals surface area (Å²) in [5.41, 5.74) is 3.35. The first-order chi connectivity index (χ1) is 11.2. The molecule has 2 aromatic heterocycles. The van der Waals surface area contributed by atoms with Crippen molar-refractivity contribution in [1.29, 1.82) is 0 Å². The van der Waals surface area contributed by atoms with E-state index in [1.54, 1.807) is 12.1 Å². The van der Waals surface area contributed by atoms with E-state index in [0.29, 0.717) is 6.42 Å². The summed E-state index contributed by atoms with van der Waals surface area (Å²) in [5.74, 6) is -0.0853. The first kappa shape index (κ1) is 13.9. The average molecular weight is 309 g/mol. The molecule has 3 heterocycles. The number of hydrogen-bond acceptors (Lipinski definition) is 2. The number of halogens is 1. The molecule has 1 aromatic carbocycles. The number of carbonyl (C=O) groups excluding carboxylic acids is 1. The van der Waals surface area contributed by atoms with Gasteiger partial charge in [-0.2, -0.15) is 0 Å². The van der Waals surface area contributed by atoms with Crippen LogP contribution in [0.2, 0.25) is 0 Å². The van der Waals surface area contributed by atoms with Crippen LogP contribution >= 0.6 is 0 Å². The molecule has 0 atom stereocenters. The van der Waals surface area contributed by atoms with Crippen molar-refractivity contribution < 1.29 is 9.18 Å². The Hall–Kier alpha value is -2.69. The molecule has 4 rings (SSSR count). The summed E-state index contributed by atoms with van der Waals surface area (Å²) in [6, 6.07) is 10.1. The topological polar surface area (TPSA) is 37.6 Å². The number of nitrogens with zero attached hydrogens (tertiary/aromatic N) is 3. The highest BCUT2D eigenvalue weighted by Gasteiger charge is 2.20. The summed E-state index contributed by atoms with van der Waals surface area (Å²) in [7, 11) is 0. The van der Waals surface area contributed by atoms with Crippen LogP contribution in [0.1, 0.15) is 19.3 Å². The highest BCUT2D eigenvalue weighted by Crippen LogP contribution is 2.24. The molecule has 116 valence electrons. The summed E-state index contributed by atoms with van der Waals surface area (Å²) < 4.78 is 15.0. The number of aromatic nitrogens is 2. The van der Waals surface area contributed by atoms with E-state index in [0.717, 1.165) is 42.0 Å². The number of pyridine rings is 1. The minimum atomic E-state index is -0.261. The van der Waals surface area contributed by atoms with Crippen molar-refractivity contribution >= 4 is 17.2 Å². The van der Waals surface area contributed by atoms with Crippen molar-refractivity contribution in [3.63, 3.8) is 0 Å². The summed E-state index contributed by atoms with van der Waals surface area (Å²) >= 11 is 0. The normalized spacial score (nSPS) is 15.3. The lowest BCUT2D eigenvalue weighted by molar-refractivity contribution is -0.119. The third-order valence-electron chi connectivity index (χ3n) is 4.21. The van der Waals surface area contributed by atoms with Crippen LogP contribution in [0.25, 0.3) is 16.9 Å². The van der Waals surface area contributed by atoms with Crippen molar-refractivity contribution in [3.05, 3.63) is 54.6 Å². The number of rotatable bonds is 2. The quantitative estimate of drug-likeness (QED) is 0.724. The molecule has 1 aliphatic heterocycles. The molecule has 3 aromatic rings. The zero-order chi connectivity index (χ0) is 15.8. The zero-order valence-electron chi connectivity index (χ0n) is 12.6. The number of imidazole rings is 1. The minimum Gasteiger partial charge on any atom is -0.311 e. The van der Waals surface area contributed by atoms with Crippen molar-refractivity contribution in [1.82, 2.24) is 9.38 Å². The van der Waals surface area contributed by atoms with Crippen LogP contribution in [0, 0.1) is 5.82 Å². The third kappa shape index (κ3) is 2.59. The van der Waals surface area contributed by atoms with E-state index in [1.165, 1.54) is 12.1 Å². The van der Waals surface area contributed by atoms with Crippen molar-refractivity contribution in [2.45, 2.75) is 19.3 Å². The minimum absolute atomic E-state index is 0.175. The lowest BCUT2D eigenvalue weighted by Gasteiger charge is -2.26. The number of fused-ring (bicyclic) bond motifs is 1. The van der Waals surface area contributed by atoms with Gasteiger partial charge in [-0.3, -0.25) is 4.79 Å². The molecule has 23 heavy (non-hydrogen) atoms. The van der Waals surface area contributed by atoms with Crippen molar-refractivity contribution in [2.75, 3.05) is 11.4 Å². The number of benzene rings is 1. The molecule has 1 saturated heterocycles. The average Bonchev–Trinajstić information content (AvgIpc) is 2.99. The predicted molar refractivity (Wildman–Crippen MR) is 86.8 cm³/mol. The van der Waals surface area contributed by atoms with Crippen LogP contribution in [0.4, 0.5) is 10.1 Å². The van der Waals surface area contributed by atoms with Gasteiger partial charge in [0.25, 0.3) is 0 Å². The van der Waals surface area contributed by atoms with E-state index in [1.807, 2.05) is 33.8 Å². The first-order valence-corrected chi connectivity index (χ1v) is 7.76. The van der Waals surface area contributed by atoms with Gasteiger partial charge in [-0.1, -0.05) is 0 Å². The molecule has 1 amide bonds. The van der Waals surface area contributed by atoms with Gasteiger partial charge in [0.2, 0.25) is 5.91 Å². The molecule has 1 fully saturated rings. The Balaban J connectivity index is 1.72. The van der Waals surface area contributed by atoms with Crippen molar-refractivity contribution in [3.8, 4) is 11.3 Å². The summed E-state index contributed by atoms with van der Waals surface area (Å²) in [4.78, 5) is 18.4. The van der Waals surface area contributed by atoms with Gasteiger partial charge in [-0.15, -0.1) is 0 Å². The van der Waals surface area contributed by atoms with Crippen molar-refractivity contribution in [2.24, 2.45) is 0 Å². The fraction of sp³-hybridized carbons (Fsp3) is 0.222. The molecule has 0 radical (unpaired) electrons. The Morgan fingerprint density at radius 3 is 2.61 bits per heavy atom. The van der Waals surface area contributed by atoms with Gasteiger partial charge in [0.15, 0.2) is 0 Å². The van der Waals surface area contributed by atoms with Gasteiger partial charge in [-0.25, -0.2) is 9.37 Å². The Labute approximate surface area is 133 Å². The fourth-order valence-electron chi connectivity index (χ4n) is 2.98. The second-order valence-electron chi connectivity index (χ2n) is 5.79. The smallest absolute Gasteiger partial charge is 0.227 e. The zero-order valence-corrected chi connectivity index (χ0v) is 12.6. The highest BCUT2D eigenvalue weighted by atomic mass is 19.1. The maximum absolute atomic E-state index is 13.0. The van der Waals surface area contributed by atoms with Crippen LogP contribution in [0.15, 0.2) is 48.8 Å². The number of carbonyl (C=O) groups is 1. The molecule has 0 spiro atoms. The van der Waals surface area contributed by atoms with Crippen LogP contribution in [-0.4, -0.2) is 21.8 Å². The Morgan fingerprint density at radius 1 is 1.00 bits per heavy atom. The van der Waals surface area contributed by atoms with Crippen LogP contribution in [0.5, 0.6) is 0 Å². The Kier molecular flexibility index (Phi) is 3.33. The molecule has 5 heteroatoms. The van der Waals surface area contributed by atoms with E-state index < -0.39 is 0 Å². The lowest BCUT2D eigenvalue weighted by atomic mass is 10.1. The molecule has 4 nitrogen and oxygen atoms in total. The third-order valence-corrected chi connectivity index (χ3v) is 4.21. The maximum Gasteiger partial charge on any atom is 0.227 e. The van der Waals surface area contributed by atoms with E-state index >= 15 is 0 Å². The second-order valence-corrected chi connectivity index (χ2v) is 5.79. The van der Waals surface area contributed by atoms with Crippen LogP contribution < -0.4 is 4.90 Å². The van der Waals surface area contributed by atoms with Gasteiger partial charge in [-0.05, 0) is 49.2 Å². The van der Waals surface area contributed by atoms with E-state index in [-0.39, 0.29) is 11.7 Å². The highest BCUT2D eigenvalue weighted by molar-refractivity contribution is 5.94. The van der Waals surface area contributed by atoms with Crippen LogP contribution in [0.3, 0.4) is 0 Å². The van der Waals surface area contributed by atoms with E-state index in [9.17, 15) is 9.18 Å². The second kappa shape index (κ2) is 5.50. The maximum atomic E-state index is 13.0. The summed E-state index contributed by atoms with van der Waals surface area (Å²) in [5, 5.41) is 0.